The molecule has 0 aromatic carbocycles. The fourth-order valence-corrected chi connectivity index (χ4v) is 4.64. The topological polar surface area (TPSA) is 72.8 Å². The molecule has 0 saturated heterocycles. The Hall–Kier alpha value is -1.62. The number of aliphatic hydroxyl groups excluding tert-OH is 1. The summed E-state index contributed by atoms with van der Waals surface area (Å²) >= 11 is 0. The van der Waals surface area contributed by atoms with Gasteiger partial charge in [0, 0.05) is 12.8 Å². The number of carbonyl (C=O) groups excluding carboxylic acids is 2. The summed E-state index contributed by atoms with van der Waals surface area (Å²) in [6.45, 7) is 4.02. The lowest BCUT2D eigenvalue weighted by atomic mass is 10.1. The zero-order chi connectivity index (χ0) is 29.4. The molecule has 0 aliphatic carbocycles. The van der Waals surface area contributed by atoms with Crippen LogP contribution in [0.2, 0.25) is 0 Å². The molecule has 0 aliphatic heterocycles. The summed E-state index contributed by atoms with van der Waals surface area (Å²) in [4.78, 5) is 23.9. The predicted molar refractivity (Wildman–Crippen MR) is 168 cm³/mol. The van der Waals surface area contributed by atoms with E-state index >= 15 is 0 Å². The smallest absolute Gasteiger partial charge is 0.306 e. The van der Waals surface area contributed by atoms with Gasteiger partial charge in [-0.3, -0.25) is 9.59 Å². The second-order valence-electron chi connectivity index (χ2n) is 11.2. The third-order valence-electron chi connectivity index (χ3n) is 7.25. The normalized spacial score (nSPS) is 12.4. The fraction of sp³-hybridized carbons (Fsp3) is 0.829. The fourth-order valence-electron chi connectivity index (χ4n) is 4.64. The van der Waals surface area contributed by atoms with Gasteiger partial charge in [0.2, 0.25) is 0 Å². The second kappa shape index (κ2) is 31.9. The van der Waals surface area contributed by atoms with Crippen LogP contribution < -0.4 is 0 Å². The molecule has 0 aliphatic rings. The first-order valence-corrected chi connectivity index (χ1v) is 16.9. The van der Waals surface area contributed by atoms with Gasteiger partial charge < -0.3 is 14.6 Å². The Labute approximate surface area is 247 Å². The number of hydrogen-bond donors (Lipinski definition) is 1. The third-order valence-corrected chi connectivity index (χ3v) is 7.25. The Bertz CT molecular complexity index is 613. The van der Waals surface area contributed by atoms with Crippen LogP contribution in [0.4, 0.5) is 0 Å². The van der Waals surface area contributed by atoms with Crippen molar-refractivity contribution < 1.29 is 24.2 Å². The maximum absolute atomic E-state index is 12.0. The van der Waals surface area contributed by atoms with Crippen molar-refractivity contribution in [1.82, 2.24) is 0 Å². The summed E-state index contributed by atoms with van der Waals surface area (Å²) < 4.78 is 10.4. The highest BCUT2D eigenvalue weighted by Gasteiger charge is 2.16. The minimum Gasteiger partial charge on any atom is -0.462 e. The highest BCUT2D eigenvalue weighted by molar-refractivity contribution is 5.70. The van der Waals surface area contributed by atoms with Gasteiger partial charge in [-0.25, -0.2) is 0 Å². The van der Waals surface area contributed by atoms with Crippen molar-refractivity contribution in [2.24, 2.45) is 0 Å². The van der Waals surface area contributed by atoms with Crippen LogP contribution in [0, 0.1) is 0 Å². The van der Waals surface area contributed by atoms with Gasteiger partial charge in [-0.05, 0) is 44.9 Å². The quantitative estimate of drug-likeness (QED) is 0.0534. The van der Waals surface area contributed by atoms with Gasteiger partial charge in [-0.15, -0.1) is 0 Å². The van der Waals surface area contributed by atoms with Crippen LogP contribution in [0.1, 0.15) is 168 Å². The van der Waals surface area contributed by atoms with Crippen LogP contribution in [0.5, 0.6) is 0 Å². The maximum atomic E-state index is 12.0. The van der Waals surface area contributed by atoms with E-state index in [4.69, 9.17) is 9.47 Å². The van der Waals surface area contributed by atoms with Crippen LogP contribution >= 0.6 is 0 Å². The van der Waals surface area contributed by atoms with E-state index in [9.17, 15) is 14.7 Å². The largest absolute Gasteiger partial charge is 0.462 e. The van der Waals surface area contributed by atoms with E-state index in [2.05, 4.69) is 38.2 Å². The van der Waals surface area contributed by atoms with Crippen molar-refractivity contribution in [2.75, 3.05) is 13.2 Å². The average molecular weight is 565 g/mol. The molecule has 0 aromatic rings. The lowest BCUT2D eigenvalue weighted by molar-refractivity contribution is -0.161. The van der Waals surface area contributed by atoms with Gasteiger partial charge in [-0.1, -0.05) is 134 Å². The molecule has 0 bridgehead atoms. The summed E-state index contributed by atoms with van der Waals surface area (Å²) in [6.07, 6.45) is 35.5. The Morgan fingerprint density at radius 1 is 0.575 bits per heavy atom. The Kier molecular flexibility index (Phi) is 30.6. The Morgan fingerprint density at radius 3 is 1.48 bits per heavy atom. The molecule has 0 heterocycles. The van der Waals surface area contributed by atoms with Crippen molar-refractivity contribution in [3.63, 3.8) is 0 Å². The second-order valence-corrected chi connectivity index (χ2v) is 11.2. The molecule has 234 valence electrons. The minimum absolute atomic E-state index is 0.0665. The number of ether oxygens (including phenoxy) is 2. The van der Waals surface area contributed by atoms with E-state index in [1.54, 1.807) is 0 Å². The van der Waals surface area contributed by atoms with Crippen molar-refractivity contribution in [3.05, 3.63) is 24.3 Å². The van der Waals surface area contributed by atoms with Crippen LogP contribution in [-0.4, -0.2) is 36.4 Å². The summed E-state index contributed by atoms with van der Waals surface area (Å²) in [7, 11) is 0. The van der Waals surface area contributed by atoms with Crippen LogP contribution in [0.3, 0.4) is 0 Å². The van der Waals surface area contributed by atoms with E-state index in [1.807, 2.05) is 0 Å². The summed E-state index contributed by atoms with van der Waals surface area (Å²) in [5.74, 6) is -0.609. The molecule has 0 aromatic heterocycles. The van der Waals surface area contributed by atoms with Crippen LogP contribution in [0.25, 0.3) is 0 Å². The number of carbonyl (C=O) groups is 2. The minimum atomic E-state index is -0.765. The molecule has 0 rings (SSSR count). The summed E-state index contributed by atoms with van der Waals surface area (Å²) in [5, 5.41) is 9.43. The molecule has 5 nitrogen and oxygen atoms in total. The molecule has 1 N–H and O–H groups in total. The van der Waals surface area contributed by atoms with Gasteiger partial charge in [0.15, 0.2) is 6.10 Å². The lowest BCUT2D eigenvalue weighted by Crippen LogP contribution is -2.28. The number of unbranched alkanes of at least 4 members (excludes halogenated alkanes) is 18. The molecular weight excluding hydrogens is 500 g/mol. The first-order valence-electron chi connectivity index (χ1n) is 16.9. The predicted octanol–water partition coefficient (Wildman–Crippen LogP) is 9.95. The summed E-state index contributed by atoms with van der Waals surface area (Å²) in [6, 6.07) is 0. The van der Waals surface area contributed by atoms with Crippen molar-refractivity contribution in [2.45, 2.75) is 174 Å². The Morgan fingerprint density at radius 2 is 1.00 bits per heavy atom. The molecule has 0 fully saturated rings. The average Bonchev–Trinajstić information content (AvgIpc) is 2.95. The molecule has 1 atom stereocenters. The SMILES string of the molecule is CCCCCCC/C=C\C/C=C\CCCCCCCCCCCC(=O)OC(CO)COC(=O)CCCCCCC. The summed E-state index contributed by atoms with van der Waals surface area (Å²) in [5.41, 5.74) is 0. The monoisotopic (exact) mass is 564 g/mol. The van der Waals surface area contributed by atoms with E-state index in [0.717, 1.165) is 44.9 Å². The zero-order valence-corrected chi connectivity index (χ0v) is 26.4. The van der Waals surface area contributed by atoms with Crippen LogP contribution in [0.15, 0.2) is 24.3 Å². The third kappa shape index (κ3) is 29.4. The lowest BCUT2D eigenvalue weighted by Gasteiger charge is -2.15. The van der Waals surface area contributed by atoms with Gasteiger partial charge >= 0.3 is 11.9 Å². The molecule has 0 saturated carbocycles. The number of rotatable bonds is 30. The molecule has 0 amide bonds. The first kappa shape index (κ1) is 38.4. The van der Waals surface area contributed by atoms with Gasteiger partial charge in [0.05, 0.1) is 6.61 Å². The van der Waals surface area contributed by atoms with Gasteiger partial charge in [0.1, 0.15) is 6.61 Å². The molecule has 0 spiro atoms. The molecule has 5 heteroatoms. The van der Waals surface area contributed by atoms with Crippen LogP contribution in [-0.2, 0) is 19.1 Å². The first-order chi connectivity index (χ1) is 19.6. The van der Waals surface area contributed by atoms with E-state index < -0.39 is 6.10 Å². The number of esters is 2. The number of allylic oxidation sites excluding steroid dienone is 4. The van der Waals surface area contributed by atoms with Gasteiger partial charge in [0.25, 0.3) is 0 Å². The van der Waals surface area contributed by atoms with Crippen molar-refractivity contribution >= 4 is 11.9 Å². The van der Waals surface area contributed by atoms with Gasteiger partial charge in [-0.2, -0.15) is 0 Å². The van der Waals surface area contributed by atoms with E-state index in [0.29, 0.717) is 12.8 Å². The number of hydrogen-bond acceptors (Lipinski definition) is 5. The number of aliphatic hydroxyl groups is 1. The van der Waals surface area contributed by atoms with E-state index in [1.165, 1.54) is 96.3 Å². The highest BCUT2D eigenvalue weighted by atomic mass is 16.6. The zero-order valence-electron chi connectivity index (χ0n) is 26.4. The Balaban J connectivity index is 3.50. The van der Waals surface area contributed by atoms with Crippen molar-refractivity contribution in [1.29, 1.82) is 0 Å². The maximum Gasteiger partial charge on any atom is 0.306 e. The van der Waals surface area contributed by atoms with Crippen molar-refractivity contribution in [3.8, 4) is 0 Å². The molecule has 0 radical (unpaired) electrons. The van der Waals surface area contributed by atoms with E-state index in [-0.39, 0.29) is 25.2 Å². The molecule has 40 heavy (non-hydrogen) atoms. The highest BCUT2D eigenvalue weighted by Crippen LogP contribution is 2.13. The standard InChI is InChI=1S/C35H64O5/c1-3-5-7-9-10-11-12-13-14-15-16-17-18-19-20-21-22-23-24-26-28-30-35(38)40-33(31-36)32-39-34(37)29-27-25-8-6-4-2/h12-13,15-16,33,36H,3-11,14,17-32H2,1-2H3/b13-12-,16-15-. The molecular formula is C35H64O5. The molecule has 1 unspecified atom stereocenters.